The largest absolute Gasteiger partial charge is 0.158 e. The summed E-state index contributed by atoms with van der Waals surface area (Å²) >= 11 is 1.89. The van der Waals surface area contributed by atoms with Gasteiger partial charge in [-0.05, 0) is 18.6 Å². The molecule has 0 fully saturated rings. The Kier molecular flexibility index (Phi) is 8.83. The zero-order chi connectivity index (χ0) is 7.66. The molecule has 0 atom stereocenters. The highest BCUT2D eigenvalue weighted by molar-refractivity contribution is 8.01. The highest BCUT2D eigenvalue weighted by atomic mass is 32.2. The highest BCUT2D eigenvalue weighted by Gasteiger charge is 1.87. The van der Waals surface area contributed by atoms with Crippen molar-refractivity contribution in [2.45, 2.75) is 32.6 Å². The minimum atomic E-state index is 0.945. The molecule has 0 unspecified atom stereocenters. The van der Waals surface area contributed by atoms with Crippen LogP contribution in [0.25, 0.3) is 0 Å². The second kappa shape index (κ2) is 8.91. The van der Waals surface area contributed by atoms with Crippen LogP contribution in [0, 0.1) is 18.1 Å². The summed E-state index contributed by atoms with van der Waals surface area (Å²) in [6.07, 6.45) is 9.83. The number of thioether (sulfide) groups is 1. The second-order valence-corrected chi connectivity index (χ2v) is 3.33. The van der Waals surface area contributed by atoms with E-state index in [1.807, 2.05) is 11.8 Å². The fourth-order valence-corrected chi connectivity index (χ4v) is 1.31. The monoisotopic (exact) mass is 155 g/mol. The van der Waals surface area contributed by atoms with E-state index < -0.39 is 0 Å². The first kappa shape index (κ1) is 9.91. The van der Waals surface area contributed by atoms with Crippen molar-refractivity contribution in [3.05, 3.63) is 5.75 Å². The summed E-state index contributed by atoms with van der Waals surface area (Å²) in [7, 11) is 0. The first-order chi connectivity index (χ1) is 4.91. The molecule has 57 valence electrons. The van der Waals surface area contributed by atoms with Crippen molar-refractivity contribution >= 4 is 11.8 Å². The molecule has 0 aliphatic rings. The minimum Gasteiger partial charge on any atom is -0.158 e. The number of hydrogen-bond donors (Lipinski definition) is 0. The first-order valence-corrected chi connectivity index (χ1v) is 4.79. The average molecular weight is 155 g/mol. The molecule has 0 spiro atoms. The van der Waals surface area contributed by atoms with Crippen molar-refractivity contribution in [3.8, 4) is 12.3 Å². The summed E-state index contributed by atoms with van der Waals surface area (Å²) in [6.45, 7) is 2.08. The van der Waals surface area contributed by atoms with Crippen LogP contribution in [0.15, 0.2) is 0 Å². The van der Waals surface area contributed by atoms with Crippen molar-refractivity contribution in [1.82, 2.24) is 0 Å². The quantitative estimate of drug-likeness (QED) is 0.419. The fourth-order valence-electron chi connectivity index (χ4n) is 0.707. The van der Waals surface area contributed by atoms with Gasteiger partial charge in [0.25, 0.3) is 0 Å². The van der Waals surface area contributed by atoms with Gasteiger partial charge in [0.1, 0.15) is 0 Å². The third-order valence-electron chi connectivity index (χ3n) is 1.25. The molecule has 10 heavy (non-hydrogen) atoms. The summed E-state index contributed by atoms with van der Waals surface area (Å²) < 4.78 is 0. The minimum absolute atomic E-state index is 0.945. The Bertz CT molecular complexity index is 91.4. The van der Waals surface area contributed by atoms with Crippen molar-refractivity contribution in [2.75, 3.05) is 5.75 Å². The van der Waals surface area contributed by atoms with E-state index in [2.05, 4.69) is 18.6 Å². The summed E-state index contributed by atoms with van der Waals surface area (Å²) in [5, 5.41) is 0. The van der Waals surface area contributed by atoms with Crippen molar-refractivity contribution < 1.29 is 0 Å². The number of rotatable bonds is 6. The topological polar surface area (TPSA) is 0 Å². The van der Waals surface area contributed by atoms with Gasteiger partial charge in [-0.3, -0.25) is 0 Å². The van der Waals surface area contributed by atoms with Gasteiger partial charge in [-0.2, -0.15) is 11.8 Å². The van der Waals surface area contributed by atoms with Gasteiger partial charge in [-0.15, -0.1) is 12.3 Å². The van der Waals surface area contributed by atoms with Crippen LogP contribution in [-0.2, 0) is 0 Å². The zero-order valence-electron chi connectivity index (χ0n) is 6.60. The van der Waals surface area contributed by atoms with E-state index in [9.17, 15) is 0 Å². The molecule has 0 aromatic heterocycles. The van der Waals surface area contributed by atoms with Crippen molar-refractivity contribution in [1.29, 1.82) is 0 Å². The van der Waals surface area contributed by atoms with Crippen LogP contribution in [0.2, 0.25) is 0 Å². The van der Waals surface area contributed by atoms with E-state index in [1.165, 1.54) is 25.0 Å². The maximum atomic E-state index is 5.11. The Morgan fingerprint density at radius 3 is 2.80 bits per heavy atom. The van der Waals surface area contributed by atoms with Crippen molar-refractivity contribution in [2.24, 2.45) is 0 Å². The van der Waals surface area contributed by atoms with Crippen LogP contribution in [0.1, 0.15) is 32.6 Å². The lowest BCUT2D eigenvalue weighted by Crippen LogP contribution is -1.79. The molecule has 0 aromatic rings. The van der Waals surface area contributed by atoms with E-state index in [0.29, 0.717) is 0 Å². The molecule has 1 radical (unpaired) electrons. The normalized spacial score (nSPS) is 9.20. The zero-order valence-corrected chi connectivity index (χ0v) is 7.41. The van der Waals surface area contributed by atoms with E-state index >= 15 is 0 Å². The fraction of sp³-hybridized carbons (Fsp3) is 0.667. The first-order valence-electron chi connectivity index (χ1n) is 3.74. The number of hydrogen-bond acceptors (Lipinski definition) is 1. The van der Waals surface area contributed by atoms with Gasteiger partial charge in [-0.1, -0.05) is 13.3 Å². The van der Waals surface area contributed by atoms with Gasteiger partial charge in [0.15, 0.2) is 0 Å². The molecule has 0 aliphatic heterocycles. The molecule has 0 nitrogen and oxygen atoms in total. The van der Waals surface area contributed by atoms with Crippen LogP contribution < -0.4 is 0 Å². The third-order valence-corrected chi connectivity index (χ3v) is 2.11. The summed E-state index contributed by atoms with van der Waals surface area (Å²) in [5.41, 5.74) is 0. The van der Waals surface area contributed by atoms with Gasteiger partial charge in [-0.25, -0.2) is 0 Å². The molecule has 0 saturated carbocycles. The molecular weight excluding hydrogens is 140 g/mol. The maximum Gasteiger partial charge on any atom is 0.0135 e. The summed E-state index contributed by atoms with van der Waals surface area (Å²) in [6, 6.07) is 0. The molecule has 0 aliphatic carbocycles. The SMILES string of the molecule is C#CCCCCCS[CH]C. The summed E-state index contributed by atoms with van der Waals surface area (Å²) in [5.74, 6) is 6.04. The predicted molar refractivity (Wildman–Crippen MR) is 49.7 cm³/mol. The predicted octanol–water partition coefficient (Wildman–Crippen LogP) is 3.09. The molecule has 0 heterocycles. The Hall–Kier alpha value is -0.0900. The standard InChI is InChI=1S/C9H15S/c1-3-5-6-7-8-9-10-4-2/h1,4H,5-9H2,2H3. The lowest BCUT2D eigenvalue weighted by Gasteiger charge is -1.95. The highest BCUT2D eigenvalue weighted by Crippen LogP contribution is 2.08. The molecule has 1 heteroatoms. The Balaban J connectivity index is 2.72. The Morgan fingerprint density at radius 1 is 1.40 bits per heavy atom. The van der Waals surface area contributed by atoms with Gasteiger partial charge in [0.2, 0.25) is 0 Å². The van der Waals surface area contributed by atoms with Crippen LogP contribution >= 0.6 is 11.8 Å². The Labute approximate surface area is 68.8 Å². The molecular formula is C9H15S. The molecule has 0 aromatic carbocycles. The summed E-state index contributed by atoms with van der Waals surface area (Å²) in [4.78, 5) is 0. The van der Waals surface area contributed by atoms with E-state index in [0.717, 1.165) is 6.42 Å². The van der Waals surface area contributed by atoms with Crippen molar-refractivity contribution in [3.63, 3.8) is 0 Å². The Morgan fingerprint density at radius 2 is 2.20 bits per heavy atom. The third kappa shape index (κ3) is 7.91. The smallest absolute Gasteiger partial charge is 0.0135 e. The van der Waals surface area contributed by atoms with Gasteiger partial charge >= 0.3 is 0 Å². The lowest BCUT2D eigenvalue weighted by atomic mass is 10.2. The van der Waals surface area contributed by atoms with Crippen LogP contribution in [0.3, 0.4) is 0 Å². The van der Waals surface area contributed by atoms with Gasteiger partial charge < -0.3 is 0 Å². The van der Waals surface area contributed by atoms with Gasteiger partial charge in [0.05, 0.1) is 0 Å². The molecule has 0 N–H and O–H groups in total. The van der Waals surface area contributed by atoms with Crippen LogP contribution in [0.4, 0.5) is 0 Å². The maximum absolute atomic E-state index is 5.11. The molecule has 0 saturated heterocycles. The molecule has 0 bridgehead atoms. The van der Waals surface area contributed by atoms with E-state index in [4.69, 9.17) is 6.42 Å². The van der Waals surface area contributed by atoms with Crippen LogP contribution in [0.5, 0.6) is 0 Å². The van der Waals surface area contributed by atoms with E-state index in [-0.39, 0.29) is 0 Å². The van der Waals surface area contributed by atoms with Crippen LogP contribution in [-0.4, -0.2) is 5.75 Å². The molecule has 0 rings (SSSR count). The molecule has 0 amide bonds. The lowest BCUT2D eigenvalue weighted by molar-refractivity contribution is 0.743. The number of terminal acetylenes is 1. The average Bonchev–Trinajstić information content (AvgIpc) is 1.97. The second-order valence-electron chi connectivity index (χ2n) is 2.12. The van der Waals surface area contributed by atoms with Gasteiger partial charge in [0, 0.05) is 12.2 Å². The van der Waals surface area contributed by atoms with E-state index in [1.54, 1.807) is 0 Å². The number of unbranched alkanes of at least 4 members (excludes halogenated alkanes) is 3.